The van der Waals surface area contributed by atoms with Gasteiger partial charge in [-0.05, 0) is 25.5 Å². The van der Waals surface area contributed by atoms with E-state index in [1.165, 1.54) is 0 Å². The second kappa shape index (κ2) is 4.32. The SMILES string of the molecule is Cc1ccccc1Nc1nnc(C(C)N)o1. The molecule has 16 heavy (non-hydrogen) atoms. The van der Waals surface area contributed by atoms with Crippen LogP contribution in [-0.2, 0) is 0 Å². The molecule has 84 valence electrons. The van der Waals surface area contributed by atoms with Crippen molar-refractivity contribution in [3.63, 3.8) is 0 Å². The minimum atomic E-state index is -0.250. The Balaban J connectivity index is 2.18. The van der Waals surface area contributed by atoms with Crippen molar-refractivity contribution in [2.45, 2.75) is 19.9 Å². The molecule has 0 radical (unpaired) electrons. The van der Waals surface area contributed by atoms with Gasteiger partial charge < -0.3 is 15.5 Å². The largest absolute Gasteiger partial charge is 0.406 e. The normalized spacial score (nSPS) is 12.4. The van der Waals surface area contributed by atoms with Gasteiger partial charge in [-0.2, -0.15) is 0 Å². The van der Waals surface area contributed by atoms with E-state index in [2.05, 4.69) is 15.5 Å². The van der Waals surface area contributed by atoms with Gasteiger partial charge in [-0.15, -0.1) is 5.10 Å². The molecule has 1 atom stereocenters. The van der Waals surface area contributed by atoms with Crippen LogP contribution in [0.1, 0.15) is 24.4 Å². The summed E-state index contributed by atoms with van der Waals surface area (Å²) in [5, 5.41) is 10.8. The van der Waals surface area contributed by atoms with Crippen LogP contribution in [0, 0.1) is 6.92 Å². The maximum absolute atomic E-state index is 5.63. The predicted molar refractivity (Wildman–Crippen MR) is 61.4 cm³/mol. The Morgan fingerprint density at radius 3 is 2.69 bits per heavy atom. The first kappa shape index (κ1) is 10.6. The van der Waals surface area contributed by atoms with Crippen LogP contribution < -0.4 is 11.1 Å². The molecule has 1 aromatic heterocycles. The topological polar surface area (TPSA) is 77.0 Å². The van der Waals surface area contributed by atoms with Crippen LogP contribution in [-0.4, -0.2) is 10.2 Å². The van der Waals surface area contributed by atoms with E-state index in [-0.39, 0.29) is 6.04 Å². The van der Waals surface area contributed by atoms with Crippen LogP contribution in [0.2, 0.25) is 0 Å². The van der Waals surface area contributed by atoms with E-state index >= 15 is 0 Å². The fourth-order valence-corrected chi connectivity index (χ4v) is 1.30. The number of hydrogen-bond donors (Lipinski definition) is 2. The second-order valence-corrected chi connectivity index (χ2v) is 3.67. The Hall–Kier alpha value is -1.88. The lowest BCUT2D eigenvalue weighted by Gasteiger charge is -2.04. The second-order valence-electron chi connectivity index (χ2n) is 3.67. The lowest BCUT2D eigenvalue weighted by atomic mass is 10.2. The number of anilines is 2. The molecular weight excluding hydrogens is 204 g/mol. The molecule has 0 bridgehead atoms. The summed E-state index contributed by atoms with van der Waals surface area (Å²) < 4.78 is 5.35. The fraction of sp³-hybridized carbons (Fsp3) is 0.273. The van der Waals surface area contributed by atoms with Gasteiger partial charge in [0.1, 0.15) is 0 Å². The summed E-state index contributed by atoms with van der Waals surface area (Å²) in [5.74, 6) is 0.427. The highest BCUT2D eigenvalue weighted by Gasteiger charge is 2.10. The maximum atomic E-state index is 5.63. The van der Waals surface area contributed by atoms with Gasteiger partial charge in [-0.25, -0.2) is 0 Å². The van der Waals surface area contributed by atoms with Crippen LogP contribution in [0.3, 0.4) is 0 Å². The van der Waals surface area contributed by atoms with E-state index in [1.807, 2.05) is 31.2 Å². The third kappa shape index (κ3) is 2.20. The Morgan fingerprint density at radius 1 is 1.31 bits per heavy atom. The van der Waals surface area contributed by atoms with Crippen molar-refractivity contribution < 1.29 is 4.42 Å². The highest BCUT2D eigenvalue weighted by atomic mass is 16.4. The van der Waals surface area contributed by atoms with Gasteiger partial charge in [0.15, 0.2) is 0 Å². The molecule has 0 saturated carbocycles. The van der Waals surface area contributed by atoms with Crippen LogP contribution in [0.15, 0.2) is 28.7 Å². The summed E-state index contributed by atoms with van der Waals surface area (Å²) in [4.78, 5) is 0. The lowest BCUT2D eigenvalue weighted by Crippen LogP contribution is -2.04. The summed E-state index contributed by atoms with van der Waals surface area (Å²) >= 11 is 0. The highest BCUT2D eigenvalue weighted by Crippen LogP contribution is 2.19. The first-order chi connectivity index (χ1) is 7.66. The van der Waals surface area contributed by atoms with Gasteiger partial charge in [0, 0.05) is 5.69 Å². The number of aryl methyl sites for hydroxylation is 1. The van der Waals surface area contributed by atoms with Crippen molar-refractivity contribution in [2.75, 3.05) is 5.32 Å². The fourth-order valence-electron chi connectivity index (χ4n) is 1.30. The molecule has 1 heterocycles. The van der Waals surface area contributed by atoms with E-state index < -0.39 is 0 Å². The summed E-state index contributed by atoms with van der Waals surface area (Å²) in [6, 6.07) is 7.98. The molecule has 0 aliphatic carbocycles. The molecular formula is C11H14N4O. The molecule has 0 aliphatic heterocycles. The van der Waals surface area contributed by atoms with E-state index in [4.69, 9.17) is 10.2 Å². The molecule has 0 saturated heterocycles. The Kier molecular flexibility index (Phi) is 2.87. The van der Waals surface area contributed by atoms with Gasteiger partial charge in [0.05, 0.1) is 6.04 Å². The zero-order valence-electron chi connectivity index (χ0n) is 9.27. The summed E-state index contributed by atoms with van der Waals surface area (Å²) in [6.45, 7) is 3.80. The number of para-hydroxylation sites is 1. The average Bonchev–Trinajstić information content (AvgIpc) is 2.70. The van der Waals surface area contributed by atoms with Crippen LogP contribution in [0.5, 0.6) is 0 Å². The monoisotopic (exact) mass is 218 g/mol. The van der Waals surface area contributed by atoms with Crippen molar-refractivity contribution in [1.29, 1.82) is 0 Å². The zero-order chi connectivity index (χ0) is 11.5. The molecule has 2 aromatic rings. The number of nitrogens with two attached hydrogens (primary N) is 1. The van der Waals surface area contributed by atoms with E-state index in [0.29, 0.717) is 11.9 Å². The summed E-state index contributed by atoms with van der Waals surface area (Å²) in [7, 11) is 0. The van der Waals surface area contributed by atoms with Gasteiger partial charge in [0.2, 0.25) is 5.89 Å². The third-order valence-corrected chi connectivity index (χ3v) is 2.22. The first-order valence-electron chi connectivity index (χ1n) is 5.08. The first-order valence-corrected chi connectivity index (χ1v) is 5.08. The smallest absolute Gasteiger partial charge is 0.320 e. The molecule has 0 fully saturated rings. The standard InChI is InChI=1S/C11H14N4O/c1-7-5-3-4-6-9(7)13-11-15-14-10(16-11)8(2)12/h3-6,8H,12H2,1-2H3,(H,13,15). The molecule has 2 rings (SSSR count). The number of hydrogen-bond acceptors (Lipinski definition) is 5. The molecule has 0 spiro atoms. The number of aromatic nitrogens is 2. The van der Waals surface area contributed by atoms with Crippen molar-refractivity contribution in [1.82, 2.24) is 10.2 Å². The number of nitrogens with one attached hydrogen (secondary N) is 1. The summed E-state index contributed by atoms with van der Waals surface area (Å²) in [6.07, 6.45) is 0. The van der Waals surface area contributed by atoms with E-state index in [0.717, 1.165) is 11.3 Å². The Morgan fingerprint density at radius 2 is 2.06 bits per heavy atom. The quantitative estimate of drug-likeness (QED) is 0.825. The molecule has 3 N–H and O–H groups in total. The van der Waals surface area contributed by atoms with Crippen LogP contribution >= 0.6 is 0 Å². The number of nitrogens with zero attached hydrogens (tertiary/aromatic N) is 2. The third-order valence-electron chi connectivity index (χ3n) is 2.22. The Bertz CT molecular complexity index is 478. The van der Waals surface area contributed by atoms with Crippen molar-refractivity contribution in [3.05, 3.63) is 35.7 Å². The van der Waals surface area contributed by atoms with Gasteiger partial charge in [-0.3, -0.25) is 0 Å². The van der Waals surface area contributed by atoms with Gasteiger partial charge >= 0.3 is 6.01 Å². The molecule has 1 unspecified atom stereocenters. The minimum Gasteiger partial charge on any atom is -0.406 e. The van der Waals surface area contributed by atoms with Crippen molar-refractivity contribution in [3.8, 4) is 0 Å². The number of benzene rings is 1. The van der Waals surface area contributed by atoms with Crippen molar-refractivity contribution in [2.24, 2.45) is 5.73 Å². The molecule has 1 aromatic carbocycles. The highest BCUT2D eigenvalue weighted by molar-refractivity contribution is 5.56. The summed E-state index contributed by atoms with van der Waals surface area (Å²) in [5.41, 5.74) is 7.69. The molecule has 0 aliphatic rings. The lowest BCUT2D eigenvalue weighted by molar-refractivity contribution is 0.475. The number of rotatable bonds is 3. The average molecular weight is 218 g/mol. The maximum Gasteiger partial charge on any atom is 0.320 e. The molecule has 5 nitrogen and oxygen atoms in total. The van der Waals surface area contributed by atoms with Crippen LogP contribution in [0.25, 0.3) is 0 Å². The minimum absolute atomic E-state index is 0.250. The van der Waals surface area contributed by atoms with Gasteiger partial charge in [0.25, 0.3) is 0 Å². The van der Waals surface area contributed by atoms with E-state index in [9.17, 15) is 0 Å². The Labute approximate surface area is 93.7 Å². The van der Waals surface area contributed by atoms with Crippen molar-refractivity contribution >= 4 is 11.7 Å². The van der Waals surface area contributed by atoms with E-state index in [1.54, 1.807) is 6.92 Å². The molecule has 5 heteroatoms. The van der Waals surface area contributed by atoms with Crippen LogP contribution in [0.4, 0.5) is 11.7 Å². The predicted octanol–water partition coefficient (Wildman–Crippen LogP) is 2.14. The zero-order valence-corrected chi connectivity index (χ0v) is 9.27. The molecule has 0 amide bonds. The van der Waals surface area contributed by atoms with Gasteiger partial charge in [-0.1, -0.05) is 23.3 Å².